The van der Waals surface area contributed by atoms with Crippen molar-refractivity contribution in [3.05, 3.63) is 29.6 Å². The van der Waals surface area contributed by atoms with Crippen LogP contribution in [0.2, 0.25) is 0 Å². The maximum atomic E-state index is 12.1. The molecule has 1 aliphatic rings. The second kappa shape index (κ2) is 7.46. The lowest BCUT2D eigenvalue weighted by Crippen LogP contribution is -2.40. The predicted octanol–water partition coefficient (Wildman–Crippen LogP) is 3.47. The van der Waals surface area contributed by atoms with E-state index in [1.165, 1.54) is 5.57 Å². The number of ether oxygens (including phenoxy) is 1. The minimum atomic E-state index is -0.456. The van der Waals surface area contributed by atoms with Gasteiger partial charge in [-0.3, -0.25) is 15.3 Å². The predicted molar refractivity (Wildman–Crippen MR) is 89.9 cm³/mol. The molecule has 23 heavy (non-hydrogen) atoms. The van der Waals surface area contributed by atoms with Crippen molar-refractivity contribution in [2.75, 3.05) is 25.7 Å². The lowest BCUT2D eigenvalue weighted by atomic mass is 10.0. The van der Waals surface area contributed by atoms with E-state index in [9.17, 15) is 4.79 Å². The molecule has 1 amide bonds. The Kier molecular flexibility index (Phi) is 5.60. The van der Waals surface area contributed by atoms with Crippen LogP contribution >= 0.6 is 0 Å². The number of nitrogens with one attached hydrogen (secondary N) is 1. The van der Waals surface area contributed by atoms with Crippen molar-refractivity contribution in [3.8, 4) is 0 Å². The van der Waals surface area contributed by atoms with Gasteiger partial charge in [0.25, 0.3) is 0 Å². The van der Waals surface area contributed by atoms with Gasteiger partial charge in [-0.2, -0.15) is 0 Å². The quantitative estimate of drug-likeness (QED) is 0.864. The Bertz CT molecular complexity index is 569. The molecule has 0 unspecified atom stereocenters. The fourth-order valence-corrected chi connectivity index (χ4v) is 2.37. The standard InChI is InChI=1S/C17H25N3O3/c1-17(2,3)23-16(21)20-10-7-13(8-11-20)12-15-14(19-22-4)6-5-9-18-15/h5-6,9,12,19H,7-8,10-11H2,1-4H3. The van der Waals surface area contributed by atoms with Crippen LogP contribution < -0.4 is 5.48 Å². The third-order valence-corrected chi connectivity index (χ3v) is 3.45. The Morgan fingerprint density at radius 3 is 2.65 bits per heavy atom. The number of hydrogen-bond donors (Lipinski definition) is 1. The van der Waals surface area contributed by atoms with E-state index in [0.717, 1.165) is 24.2 Å². The van der Waals surface area contributed by atoms with Crippen LogP contribution in [0.1, 0.15) is 39.3 Å². The summed E-state index contributed by atoms with van der Waals surface area (Å²) in [6, 6.07) is 3.77. The molecular weight excluding hydrogens is 294 g/mol. The molecule has 0 bridgehead atoms. The topological polar surface area (TPSA) is 63.7 Å². The van der Waals surface area contributed by atoms with Crippen LogP contribution in [0.25, 0.3) is 6.08 Å². The lowest BCUT2D eigenvalue weighted by molar-refractivity contribution is 0.0237. The van der Waals surface area contributed by atoms with Gasteiger partial charge in [-0.15, -0.1) is 0 Å². The number of pyridine rings is 1. The van der Waals surface area contributed by atoms with Gasteiger partial charge in [0.15, 0.2) is 0 Å². The second-order valence-electron chi connectivity index (χ2n) is 6.51. The molecule has 6 heteroatoms. The Morgan fingerprint density at radius 2 is 2.04 bits per heavy atom. The number of carbonyl (C=O) groups is 1. The fourth-order valence-electron chi connectivity index (χ4n) is 2.37. The van der Waals surface area contributed by atoms with Gasteiger partial charge >= 0.3 is 6.09 Å². The number of likely N-dealkylation sites (tertiary alicyclic amines) is 1. The van der Waals surface area contributed by atoms with E-state index in [2.05, 4.69) is 16.5 Å². The summed E-state index contributed by atoms with van der Waals surface area (Å²) in [4.78, 5) is 23.2. The molecule has 1 N–H and O–H groups in total. The van der Waals surface area contributed by atoms with Crippen LogP contribution in [0.5, 0.6) is 0 Å². The maximum Gasteiger partial charge on any atom is 0.410 e. The summed E-state index contributed by atoms with van der Waals surface area (Å²) in [7, 11) is 1.57. The normalized spacial score (nSPS) is 15.3. The van der Waals surface area contributed by atoms with Gasteiger partial charge in [0, 0.05) is 19.3 Å². The average molecular weight is 319 g/mol. The number of carbonyl (C=O) groups excluding carboxylic acids is 1. The molecule has 0 atom stereocenters. The van der Waals surface area contributed by atoms with Gasteiger partial charge in [0.1, 0.15) is 5.60 Å². The Morgan fingerprint density at radius 1 is 1.35 bits per heavy atom. The summed E-state index contributed by atoms with van der Waals surface area (Å²) in [6.45, 7) is 6.98. The number of hydrogen-bond acceptors (Lipinski definition) is 5. The molecule has 126 valence electrons. The van der Waals surface area contributed by atoms with Gasteiger partial charge in [0.05, 0.1) is 18.5 Å². The van der Waals surface area contributed by atoms with Crippen LogP contribution in [0.4, 0.5) is 10.5 Å². The lowest BCUT2D eigenvalue weighted by Gasteiger charge is -2.31. The first-order chi connectivity index (χ1) is 10.9. The third-order valence-electron chi connectivity index (χ3n) is 3.45. The van der Waals surface area contributed by atoms with Crippen molar-refractivity contribution in [1.82, 2.24) is 9.88 Å². The molecule has 1 aromatic heterocycles. The minimum absolute atomic E-state index is 0.240. The van der Waals surface area contributed by atoms with Gasteiger partial charge in [-0.1, -0.05) is 5.57 Å². The summed E-state index contributed by atoms with van der Waals surface area (Å²) < 4.78 is 5.41. The molecule has 2 heterocycles. The summed E-state index contributed by atoms with van der Waals surface area (Å²) >= 11 is 0. The van der Waals surface area contributed by atoms with E-state index < -0.39 is 5.60 Å². The van der Waals surface area contributed by atoms with Crippen LogP contribution in [0, 0.1) is 0 Å². The highest BCUT2D eigenvalue weighted by atomic mass is 16.6. The number of anilines is 1. The molecule has 1 saturated heterocycles. The van der Waals surface area contributed by atoms with E-state index in [0.29, 0.717) is 13.1 Å². The molecule has 0 aliphatic carbocycles. The highest BCUT2D eigenvalue weighted by Crippen LogP contribution is 2.23. The van der Waals surface area contributed by atoms with Crippen molar-refractivity contribution in [1.29, 1.82) is 0 Å². The van der Waals surface area contributed by atoms with Crippen molar-refractivity contribution in [2.24, 2.45) is 0 Å². The van der Waals surface area contributed by atoms with Crippen LogP contribution in [-0.2, 0) is 9.57 Å². The van der Waals surface area contributed by atoms with Gasteiger partial charge < -0.3 is 9.64 Å². The van der Waals surface area contributed by atoms with Crippen molar-refractivity contribution >= 4 is 17.9 Å². The number of nitrogens with zero attached hydrogens (tertiary/aromatic N) is 2. The Labute approximate surface area is 137 Å². The van der Waals surface area contributed by atoms with E-state index in [1.54, 1.807) is 18.2 Å². The number of amides is 1. The first-order valence-corrected chi connectivity index (χ1v) is 7.80. The fraction of sp³-hybridized carbons (Fsp3) is 0.529. The van der Waals surface area contributed by atoms with Crippen LogP contribution in [0.3, 0.4) is 0 Å². The zero-order chi connectivity index (χ0) is 16.9. The largest absolute Gasteiger partial charge is 0.444 e. The highest BCUT2D eigenvalue weighted by molar-refractivity contribution is 5.69. The van der Waals surface area contributed by atoms with E-state index >= 15 is 0 Å². The van der Waals surface area contributed by atoms with Crippen molar-refractivity contribution in [2.45, 2.75) is 39.2 Å². The number of aromatic nitrogens is 1. The average Bonchev–Trinajstić information content (AvgIpc) is 2.48. The number of rotatable bonds is 3. The highest BCUT2D eigenvalue weighted by Gasteiger charge is 2.24. The molecule has 6 nitrogen and oxygen atoms in total. The van der Waals surface area contributed by atoms with E-state index in [1.807, 2.05) is 32.9 Å². The first-order valence-electron chi connectivity index (χ1n) is 7.80. The summed E-state index contributed by atoms with van der Waals surface area (Å²) in [5, 5.41) is 0. The first kappa shape index (κ1) is 17.3. The molecule has 1 aromatic rings. The second-order valence-corrected chi connectivity index (χ2v) is 6.51. The minimum Gasteiger partial charge on any atom is -0.444 e. The smallest absolute Gasteiger partial charge is 0.410 e. The summed E-state index contributed by atoms with van der Waals surface area (Å²) in [6.07, 6.45) is 5.22. The van der Waals surface area contributed by atoms with Gasteiger partial charge in [-0.25, -0.2) is 4.79 Å². The Hall–Kier alpha value is -2.08. The zero-order valence-corrected chi connectivity index (χ0v) is 14.3. The van der Waals surface area contributed by atoms with Gasteiger partial charge in [0.2, 0.25) is 0 Å². The molecule has 1 aliphatic heterocycles. The van der Waals surface area contributed by atoms with Crippen molar-refractivity contribution in [3.63, 3.8) is 0 Å². The summed E-state index contributed by atoms with van der Waals surface area (Å²) in [5.41, 5.74) is 5.31. The zero-order valence-electron chi connectivity index (χ0n) is 14.3. The molecule has 1 fully saturated rings. The SMILES string of the molecule is CONc1cccnc1C=C1CCN(C(=O)OC(C)(C)C)CC1. The van der Waals surface area contributed by atoms with E-state index in [-0.39, 0.29) is 6.09 Å². The molecule has 0 saturated carbocycles. The maximum absolute atomic E-state index is 12.1. The molecule has 0 radical (unpaired) electrons. The monoisotopic (exact) mass is 319 g/mol. The third kappa shape index (κ3) is 5.25. The molecular formula is C17H25N3O3. The molecule has 2 rings (SSSR count). The van der Waals surface area contributed by atoms with Crippen molar-refractivity contribution < 1.29 is 14.4 Å². The van der Waals surface area contributed by atoms with Gasteiger partial charge in [-0.05, 0) is 51.8 Å². The molecule has 0 aromatic carbocycles. The Balaban J connectivity index is 1.98. The van der Waals surface area contributed by atoms with Crippen LogP contribution in [0.15, 0.2) is 23.9 Å². The van der Waals surface area contributed by atoms with E-state index in [4.69, 9.17) is 9.57 Å². The summed E-state index contributed by atoms with van der Waals surface area (Å²) in [5.74, 6) is 0. The van der Waals surface area contributed by atoms with Crippen LogP contribution in [-0.4, -0.2) is 41.8 Å². The number of piperidine rings is 1. The molecule has 0 spiro atoms.